The van der Waals surface area contributed by atoms with Crippen LogP contribution in [0.5, 0.6) is 0 Å². The van der Waals surface area contributed by atoms with Crippen LogP contribution in [-0.2, 0) is 13.5 Å². The summed E-state index contributed by atoms with van der Waals surface area (Å²) in [5.41, 5.74) is 3.88. The number of amides is 1. The highest BCUT2D eigenvalue weighted by Crippen LogP contribution is 2.36. The van der Waals surface area contributed by atoms with Crippen LogP contribution in [0, 0.1) is 17.5 Å². The number of rotatable bonds is 2. The molecule has 0 radical (unpaired) electrons. The molecule has 0 N–H and O–H groups in total. The van der Waals surface area contributed by atoms with Crippen molar-refractivity contribution in [1.29, 1.82) is 0 Å². The van der Waals surface area contributed by atoms with E-state index in [1.807, 2.05) is 13.0 Å². The molecule has 1 aliphatic heterocycles. The van der Waals surface area contributed by atoms with E-state index in [2.05, 4.69) is 15.1 Å². The zero-order valence-corrected chi connectivity index (χ0v) is 17.3. The zero-order valence-electron chi connectivity index (χ0n) is 17.3. The van der Waals surface area contributed by atoms with Crippen LogP contribution in [0.2, 0.25) is 0 Å². The van der Waals surface area contributed by atoms with Crippen LogP contribution in [0.25, 0.3) is 22.3 Å². The van der Waals surface area contributed by atoms with Crippen LogP contribution < -0.4 is 0 Å². The van der Waals surface area contributed by atoms with Gasteiger partial charge in [-0.05, 0) is 43.7 Å². The predicted molar refractivity (Wildman–Crippen MR) is 111 cm³/mol. The van der Waals surface area contributed by atoms with Gasteiger partial charge in [0.15, 0.2) is 17.5 Å². The first-order valence-corrected chi connectivity index (χ1v) is 10.1. The van der Waals surface area contributed by atoms with Crippen molar-refractivity contribution in [1.82, 2.24) is 24.6 Å². The van der Waals surface area contributed by atoms with Crippen LogP contribution in [0.1, 0.15) is 34.6 Å². The van der Waals surface area contributed by atoms with Gasteiger partial charge in [-0.2, -0.15) is 5.10 Å². The largest absolute Gasteiger partial charge is 0.330 e. The summed E-state index contributed by atoms with van der Waals surface area (Å²) in [5, 5.41) is 4.52. The number of carbonyl (C=O) groups is 1. The maximum atomic E-state index is 13.8. The molecular weight excluding hydrogens is 419 g/mol. The lowest BCUT2D eigenvalue weighted by Gasteiger charge is -2.33. The van der Waals surface area contributed by atoms with E-state index in [4.69, 9.17) is 0 Å². The number of carbonyl (C=O) groups excluding carboxylic acids is 1. The Balaban J connectivity index is 1.51. The average molecular weight is 437 g/mol. The summed E-state index contributed by atoms with van der Waals surface area (Å²) in [7, 11) is 1.66. The topological polar surface area (TPSA) is 63.9 Å². The summed E-state index contributed by atoms with van der Waals surface area (Å²) in [6, 6.07) is 6.87. The molecule has 1 atom stereocenters. The Hall–Kier alpha value is -3.75. The molecule has 4 aromatic rings. The van der Waals surface area contributed by atoms with Crippen LogP contribution in [0.3, 0.4) is 0 Å². The van der Waals surface area contributed by atoms with Crippen LogP contribution >= 0.6 is 0 Å². The molecule has 4 heterocycles. The van der Waals surface area contributed by atoms with E-state index in [0.29, 0.717) is 41.0 Å². The van der Waals surface area contributed by atoms with Gasteiger partial charge in [0.2, 0.25) is 0 Å². The van der Waals surface area contributed by atoms with E-state index in [-0.39, 0.29) is 17.5 Å². The van der Waals surface area contributed by atoms with Crippen molar-refractivity contribution in [3.8, 4) is 11.3 Å². The second-order valence-corrected chi connectivity index (χ2v) is 7.78. The molecule has 0 aliphatic carbocycles. The van der Waals surface area contributed by atoms with Gasteiger partial charge in [-0.15, -0.1) is 0 Å². The van der Waals surface area contributed by atoms with Crippen molar-refractivity contribution in [3.63, 3.8) is 0 Å². The molecule has 0 saturated carbocycles. The van der Waals surface area contributed by atoms with Crippen LogP contribution in [0.4, 0.5) is 13.2 Å². The van der Waals surface area contributed by atoms with Gasteiger partial charge in [-0.3, -0.25) is 19.4 Å². The van der Waals surface area contributed by atoms with E-state index >= 15 is 0 Å². The number of aryl methyl sites for hydroxylation is 1. The monoisotopic (exact) mass is 437 g/mol. The van der Waals surface area contributed by atoms with Crippen molar-refractivity contribution >= 4 is 16.9 Å². The minimum Gasteiger partial charge on any atom is -0.330 e. The highest BCUT2D eigenvalue weighted by Gasteiger charge is 2.34. The molecule has 1 unspecified atom stereocenters. The van der Waals surface area contributed by atoms with Crippen molar-refractivity contribution < 1.29 is 18.0 Å². The lowest BCUT2D eigenvalue weighted by atomic mass is 9.95. The van der Waals surface area contributed by atoms with E-state index < -0.39 is 17.5 Å². The van der Waals surface area contributed by atoms with E-state index in [1.54, 1.807) is 30.3 Å². The zero-order chi connectivity index (χ0) is 22.6. The van der Waals surface area contributed by atoms with Crippen molar-refractivity contribution in [2.75, 3.05) is 6.54 Å². The first-order chi connectivity index (χ1) is 15.3. The standard InChI is InChI=1S/C23H18F3N5O/c1-12-21-15(22(30(2)29-21)13-8-16(24)20(26)17(25)9-13)5-7-31(12)23(32)14-10-19-18(28-11-14)4-3-6-27-19/h3-4,6,8-12H,5,7H2,1-2H3. The molecule has 5 rings (SSSR count). The average Bonchev–Trinajstić information content (AvgIpc) is 3.13. The van der Waals surface area contributed by atoms with Gasteiger partial charge in [0, 0.05) is 37.1 Å². The molecule has 0 fully saturated rings. The maximum Gasteiger partial charge on any atom is 0.256 e. The van der Waals surface area contributed by atoms with E-state index in [0.717, 1.165) is 17.7 Å². The van der Waals surface area contributed by atoms with Gasteiger partial charge in [0.25, 0.3) is 5.91 Å². The Morgan fingerprint density at radius 3 is 2.59 bits per heavy atom. The Labute approximate surface area is 181 Å². The SMILES string of the molecule is CC1c2nn(C)c(-c3cc(F)c(F)c(F)c3)c2CCN1C(=O)c1cnc2cccnc2c1. The van der Waals surface area contributed by atoms with Gasteiger partial charge < -0.3 is 4.90 Å². The number of fused-ring (bicyclic) bond motifs is 2. The smallest absolute Gasteiger partial charge is 0.256 e. The Morgan fingerprint density at radius 1 is 1.09 bits per heavy atom. The van der Waals surface area contributed by atoms with Crippen LogP contribution in [-0.4, -0.2) is 37.1 Å². The number of benzene rings is 1. The molecule has 3 aromatic heterocycles. The third-order valence-corrected chi connectivity index (χ3v) is 5.86. The highest BCUT2D eigenvalue weighted by atomic mass is 19.2. The predicted octanol–water partition coefficient (Wildman–Crippen LogP) is 4.21. The number of nitrogens with zero attached hydrogens (tertiary/aromatic N) is 5. The lowest BCUT2D eigenvalue weighted by molar-refractivity contribution is 0.0673. The van der Waals surface area contributed by atoms with Crippen molar-refractivity contribution in [2.45, 2.75) is 19.4 Å². The molecule has 32 heavy (non-hydrogen) atoms. The molecule has 1 aliphatic rings. The van der Waals surface area contributed by atoms with Gasteiger partial charge in [0.05, 0.1) is 34.0 Å². The molecule has 0 bridgehead atoms. The van der Waals surface area contributed by atoms with Gasteiger partial charge in [-0.25, -0.2) is 13.2 Å². The van der Waals surface area contributed by atoms with Crippen LogP contribution in [0.15, 0.2) is 42.7 Å². The fourth-order valence-corrected chi connectivity index (χ4v) is 4.31. The normalized spacial score (nSPS) is 15.8. The summed E-state index contributed by atoms with van der Waals surface area (Å²) in [5.74, 6) is -4.22. The third-order valence-electron chi connectivity index (χ3n) is 5.86. The Kier molecular flexibility index (Phi) is 4.69. The highest BCUT2D eigenvalue weighted by molar-refractivity contribution is 5.97. The molecule has 162 valence electrons. The number of halogens is 3. The van der Waals surface area contributed by atoms with Crippen molar-refractivity contribution in [3.05, 3.63) is 77.0 Å². The maximum absolute atomic E-state index is 13.8. The lowest BCUT2D eigenvalue weighted by Crippen LogP contribution is -2.39. The quantitative estimate of drug-likeness (QED) is 0.441. The second kappa shape index (κ2) is 7.44. The summed E-state index contributed by atoms with van der Waals surface area (Å²) in [6.45, 7) is 2.24. The Morgan fingerprint density at radius 2 is 1.84 bits per heavy atom. The molecule has 0 saturated heterocycles. The molecule has 0 spiro atoms. The molecule has 6 nitrogen and oxygen atoms in total. The minimum absolute atomic E-state index is 0.200. The van der Waals surface area contributed by atoms with Gasteiger partial charge in [-0.1, -0.05) is 0 Å². The summed E-state index contributed by atoms with van der Waals surface area (Å²) in [6.07, 6.45) is 3.61. The third kappa shape index (κ3) is 3.12. The van der Waals surface area contributed by atoms with Gasteiger partial charge >= 0.3 is 0 Å². The van der Waals surface area contributed by atoms with Crippen molar-refractivity contribution in [2.24, 2.45) is 7.05 Å². The second-order valence-electron chi connectivity index (χ2n) is 7.78. The first-order valence-electron chi connectivity index (χ1n) is 10.1. The summed E-state index contributed by atoms with van der Waals surface area (Å²) < 4.78 is 42.6. The number of aromatic nitrogens is 4. The Bertz CT molecular complexity index is 1360. The number of hydrogen-bond acceptors (Lipinski definition) is 4. The molecular formula is C23H18F3N5O. The van der Waals surface area contributed by atoms with Gasteiger partial charge in [0.1, 0.15) is 0 Å². The fourth-order valence-electron chi connectivity index (χ4n) is 4.31. The summed E-state index contributed by atoms with van der Waals surface area (Å²) >= 11 is 0. The summed E-state index contributed by atoms with van der Waals surface area (Å²) in [4.78, 5) is 23.5. The first kappa shape index (κ1) is 20.2. The number of pyridine rings is 2. The van der Waals surface area contributed by atoms with E-state index in [1.165, 1.54) is 10.9 Å². The van der Waals surface area contributed by atoms with E-state index in [9.17, 15) is 18.0 Å². The number of hydrogen-bond donors (Lipinski definition) is 0. The molecule has 9 heteroatoms. The molecule has 1 aromatic carbocycles. The molecule has 1 amide bonds. The minimum atomic E-state index is -1.51. The fraction of sp³-hybridized carbons (Fsp3) is 0.217.